The average molecular weight is 340 g/mol. The molecule has 1 aliphatic rings. The molecule has 22 heavy (non-hydrogen) atoms. The lowest BCUT2D eigenvalue weighted by molar-refractivity contribution is 0.168. The van der Waals surface area contributed by atoms with Crippen LogP contribution in [-0.4, -0.2) is 41.9 Å². The molecule has 0 radical (unpaired) electrons. The van der Waals surface area contributed by atoms with E-state index in [1.165, 1.54) is 5.56 Å². The molecule has 0 fully saturated rings. The second-order valence-corrected chi connectivity index (χ2v) is 8.35. The summed E-state index contributed by atoms with van der Waals surface area (Å²) >= 11 is 1.70. The van der Waals surface area contributed by atoms with Crippen molar-refractivity contribution >= 4 is 21.4 Å². The number of hydrogen-bond donors (Lipinski definition) is 1. The summed E-state index contributed by atoms with van der Waals surface area (Å²) in [5, 5.41) is 8.59. The van der Waals surface area contributed by atoms with E-state index in [-0.39, 0.29) is 11.8 Å². The Hall–Kier alpha value is -1.22. The quantitative estimate of drug-likeness (QED) is 0.864. The normalized spacial score (nSPS) is 19.2. The first kappa shape index (κ1) is 15.7. The van der Waals surface area contributed by atoms with Crippen molar-refractivity contribution in [1.82, 2.24) is 19.4 Å². The summed E-state index contributed by atoms with van der Waals surface area (Å²) in [6.07, 6.45) is 1.78. The Morgan fingerprint density at radius 1 is 1.45 bits per heavy atom. The largest absolute Gasteiger partial charge is 0.291 e. The molecular weight excluding hydrogens is 320 g/mol. The summed E-state index contributed by atoms with van der Waals surface area (Å²) < 4.78 is 28.0. The second kappa shape index (κ2) is 6.49. The van der Waals surface area contributed by atoms with E-state index in [1.807, 2.05) is 10.7 Å². The van der Waals surface area contributed by atoms with Crippen LogP contribution < -0.4 is 4.72 Å². The smallest absolute Gasteiger partial charge is 0.211 e. The van der Waals surface area contributed by atoms with Crippen molar-refractivity contribution in [2.24, 2.45) is 0 Å². The summed E-state index contributed by atoms with van der Waals surface area (Å²) in [5.41, 5.74) is 2.42. The minimum absolute atomic E-state index is 0.0266. The zero-order chi connectivity index (χ0) is 15.6. The van der Waals surface area contributed by atoms with Crippen LogP contribution in [0.25, 0.3) is 0 Å². The number of rotatable bonds is 6. The molecule has 1 aliphatic heterocycles. The summed E-state index contributed by atoms with van der Waals surface area (Å²) in [5.74, 6) is 0.101. The molecule has 1 atom stereocenters. The molecule has 0 saturated heterocycles. The Balaban J connectivity index is 1.72. The molecule has 1 N–H and O–H groups in total. The van der Waals surface area contributed by atoms with Crippen molar-refractivity contribution in [3.63, 3.8) is 0 Å². The monoisotopic (exact) mass is 340 g/mol. The molecule has 0 aliphatic carbocycles. The van der Waals surface area contributed by atoms with Gasteiger partial charge in [-0.15, -0.1) is 0 Å². The molecule has 0 aromatic carbocycles. The molecule has 2 aromatic rings. The van der Waals surface area contributed by atoms with Crippen LogP contribution in [0, 0.1) is 0 Å². The summed E-state index contributed by atoms with van der Waals surface area (Å²) in [7, 11) is -3.18. The summed E-state index contributed by atoms with van der Waals surface area (Å²) in [4.78, 5) is 2.34. The number of thiophene rings is 1. The highest BCUT2D eigenvalue weighted by Crippen LogP contribution is 2.22. The number of aromatic nitrogens is 2. The van der Waals surface area contributed by atoms with Gasteiger partial charge in [0.1, 0.15) is 0 Å². The first-order chi connectivity index (χ1) is 10.6. The fourth-order valence-electron chi connectivity index (χ4n) is 2.70. The third kappa shape index (κ3) is 3.57. The zero-order valence-corrected chi connectivity index (χ0v) is 14.1. The van der Waals surface area contributed by atoms with Gasteiger partial charge in [0.05, 0.1) is 17.5 Å². The number of nitrogens with one attached hydrogen (secondary N) is 1. The van der Waals surface area contributed by atoms with Gasteiger partial charge in [-0.3, -0.25) is 9.58 Å². The van der Waals surface area contributed by atoms with Crippen LogP contribution in [0.5, 0.6) is 0 Å². The molecule has 0 amide bonds. The summed E-state index contributed by atoms with van der Waals surface area (Å²) in [6.45, 7) is 4.53. The maximum absolute atomic E-state index is 11.7. The third-order valence-corrected chi connectivity index (χ3v) is 5.96. The third-order valence-electron chi connectivity index (χ3n) is 3.86. The molecule has 0 saturated carbocycles. The van der Waals surface area contributed by atoms with E-state index in [0.29, 0.717) is 6.54 Å². The van der Waals surface area contributed by atoms with E-state index in [9.17, 15) is 8.42 Å². The van der Waals surface area contributed by atoms with Gasteiger partial charge >= 0.3 is 0 Å². The lowest BCUT2D eigenvalue weighted by Gasteiger charge is -2.33. The second-order valence-electron chi connectivity index (χ2n) is 5.47. The van der Waals surface area contributed by atoms with Crippen LogP contribution in [0.15, 0.2) is 29.1 Å². The molecular formula is C14H20N4O2S2. The van der Waals surface area contributed by atoms with E-state index in [2.05, 4.69) is 31.5 Å². The van der Waals surface area contributed by atoms with Gasteiger partial charge in [-0.1, -0.05) is 0 Å². The molecule has 8 heteroatoms. The highest BCUT2D eigenvalue weighted by molar-refractivity contribution is 7.89. The van der Waals surface area contributed by atoms with Crippen LogP contribution in [0.3, 0.4) is 0 Å². The van der Waals surface area contributed by atoms with Gasteiger partial charge in [-0.2, -0.15) is 16.4 Å². The van der Waals surface area contributed by atoms with Crippen molar-refractivity contribution in [2.75, 3.05) is 18.8 Å². The van der Waals surface area contributed by atoms with Crippen LogP contribution >= 0.6 is 11.3 Å². The van der Waals surface area contributed by atoms with Gasteiger partial charge in [0.2, 0.25) is 10.0 Å². The van der Waals surface area contributed by atoms with Crippen LogP contribution in [0.1, 0.15) is 24.2 Å². The van der Waals surface area contributed by atoms with Crippen molar-refractivity contribution in [1.29, 1.82) is 0 Å². The van der Waals surface area contributed by atoms with Crippen LogP contribution in [0.4, 0.5) is 0 Å². The molecule has 0 unspecified atom stereocenters. The molecule has 3 rings (SSSR count). The first-order valence-electron chi connectivity index (χ1n) is 7.30. The lowest BCUT2D eigenvalue weighted by atomic mass is 10.1. The maximum atomic E-state index is 11.7. The van der Waals surface area contributed by atoms with Gasteiger partial charge in [0.25, 0.3) is 0 Å². The highest BCUT2D eigenvalue weighted by Gasteiger charge is 2.26. The van der Waals surface area contributed by atoms with E-state index in [4.69, 9.17) is 0 Å². The SMILES string of the molecule is CCS(=O)(=O)NC[C@H]1CN(Cc2ccsc2)Cc2ccnn21. The number of sulfonamides is 1. The predicted molar refractivity (Wildman–Crippen MR) is 87.2 cm³/mol. The molecule has 2 aromatic heterocycles. The van der Waals surface area contributed by atoms with Crippen molar-refractivity contribution in [3.05, 3.63) is 40.3 Å². The predicted octanol–water partition coefficient (Wildman–Crippen LogP) is 1.44. The maximum Gasteiger partial charge on any atom is 0.211 e. The van der Waals surface area contributed by atoms with Gasteiger partial charge in [-0.25, -0.2) is 13.1 Å². The Morgan fingerprint density at radius 3 is 3.05 bits per heavy atom. The minimum Gasteiger partial charge on any atom is -0.291 e. The standard InChI is InChI=1S/C14H20N4O2S2/c1-2-22(19,20)16-7-14-10-17(8-12-4-6-21-11-12)9-13-3-5-15-18(13)14/h3-6,11,14,16H,2,7-10H2,1H3/t14-/m0/s1. The average Bonchev–Trinajstić information content (AvgIpc) is 3.16. The minimum atomic E-state index is -3.18. The van der Waals surface area contributed by atoms with Crippen LogP contribution in [0.2, 0.25) is 0 Å². The van der Waals surface area contributed by atoms with Crippen molar-refractivity contribution in [2.45, 2.75) is 26.1 Å². The van der Waals surface area contributed by atoms with Crippen LogP contribution in [-0.2, 0) is 23.1 Å². The Kier molecular flexibility index (Phi) is 4.62. The van der Waals surface area contributed by atoms with Crippen molar-refractivity contribution in [3.8, 4) is 0 Å². The fraction of sp³-hybridized carbons (Fsp3) is 0.500. The van der Waals surface area contributed by atoms with E-state index >= 15 is 0 Å². The topological polar surface area (TPSA) is 67.2 Å². The Labute approximate surface area is 134 Å². The van der Waals surface area contributed by atoms with Gasteiger partial charge in [0, 0.05) is 32.4 Å². The highest BCUT2D eigenvalue weighted by atomic mass is 32.2. The lowest BCUT2D eigenvalue weighted by Crippen LogP contribution is -2.42. The molecule has 0 spiro atoms. The first-order valence-corrected chi connectivity index (χ1v) is 9.90. The van der Waals surface area contributed by atoms with Gasteiger partial charge in [-0.05, 0) is 35.4 Å². The van der Waals surface area contributed by atoms with Gasteiger partial charge in [0.15, 0.2) is 0 Å². The van der Waals surface area contributed by atoms with E-state index in [0.717, 1.165) is 25.3 Å². The van der Waals surface area contributed by atoms with Crippen molar-refractivity contribution < 1.29 is 8.42 Å². The van der Waals surface area contributed by atoms with Gasteiger partial charge < -0.3 is 0 Å². The Bertz CT molecular complexity index is 709. The Morgan fingerprint density at radius 2 is 2.32 bits per heavy atom. The number of fused-ring (bicyclic) bond motifs is 1. The molecule has 120 valence electrons. The molecule has 6 nitrogen and oxygen atoms in total. The number of hydrogen-bond acceptors (Lipinski definition) is 5. The molecule has 0 bridgehead atoms. The van der Waals surface area contributed by atoms with E-state index in [1.54, 1.807) is 24.5 Å². The number of nitrogens with zero attached hydrogens (tertiary/aromatic N) is 3. The fourth-order valence-corrected chi connectivity index (χ4v) is 4.01. The molecule has 3 heterocycles. The van der Waals surface area contributed by atoms with E-state index < -0.39 is 10.0 Å². The summed E-state index contributed by atoms with van der Waals surface area (Å²) in [6, 6.07) is 4.16. The zero-order valence-electron chi connectivity index (χ0n) is 12.5.